The molecule has 88 valence electrons. The molecule has 0 rings (SSSR count). The predicted molar refractivity (Wildman–Crippen MR) is 59.2 cm³/mol. The Labute approximate surface area is 90.8 Å². The van der Waals surface area contributed by atoms with Crippen LogP contribution in [0.15, 0.2) is 0 Å². The summed E-state index contributed by atoms with van der Waals surface area (Å²) in [6.07, 6.45) is 1.84. The van der Waals surface area contributed by atoms with Gasteiger partial charge in [0.2, 0.25) is 11.8 Å². The van der Waals surface area contributed by atoms with Crippen molar-refractivity contribution in [2.24, 2.45) is 5.73 Å². The van der Waals surface area contributed by atoms with Gasteiger partial charge < -0.3 is 16.4 Å². The van der Waals surface area contributed by atoms with Gasteiger partial charge in [-0.05, 0) is 19.4 Å². The Hall–Kier alpha value is -1.10. The van der Waals surface area contributed by atoms with Crippen molar-refractivity contribution in [2.45, 2.75) is 39.2 Å². The molecule has 0 spiro atoms. The topological polar surface area (TPSA) is 84.2 Å². The van der Waals surface area contributed by atoms with Crippen LogP contribution in [-0.2, 0) is 9.59 Å². The van der Waals surface area contributed by atoms with E-state index in [2.05, 4.69) is 10.6 Å². The molecule has 0 saturated carbocycles. The van der Waals surface area contributed by atoms with Crippen LogP contribution in [0.1, 0.15) is 33.1 Å². The van der Waals surface area contributed by atoms with Crippen LogP contribution in [0.25, 0.3) is 0 Å². The third-order valence-corrected chi connectivity index (χ3v) is 1.91. The summed E-state index contributed by atoms with van der Waals surface area (Å²) < 4.78 is 0. The molecule has 0 heterocycles. The second kappa shape index (κ2) is 8.23. The van der Waals surface area contributed by atoms with Crippen molar-refractivity contribution in [3.05, 3.63) is 0 Å². The highest BCUT2D eigenvalue weighted by atomic mass is 16.2. The Bertz CT molecular complexity index is 207. The van der Waals surface area contributed by atoms with Gasteiger partial charge in [0.1, 0.15) is 0 Å². The summed E-state index contributed by atoms with van der Waals surface area (Å²) in [6, 6.07) is -0.492. The van der Waals surface area contributed by atoms with Gasteiger partial charge in [0.25, 0.3) is 0 Å². The summed E-state index contributed by atoms with van der Waals surface area (Å²) in [4.78, 5) is 22.3. The van der Waals surface area contributed by atoms with Crippen molar-refractivity contribution in [3.8, 4) is 0 Å². The fourth-order valence-electron chi connectivity index (χ4n) is 1.15. The molecule has 1 atom stereocenters. The van der Waals surface area contributed by atoms with E-state index < -0.39 is 11.9 Å². The van der Waals surface area contributed by atoms with Crippen molar-refractivity contribution < 1.29 is 9.59 Å². The molecule has 0 aliphatic carbocycles. The van der Waals surface area contributed by atoms with Crippen LogP contribution >= 0.6 is 0 Å². The van der Waals surface area contributed by atoms with Crippen molar-refractivity contribution in [1.29, 1.82) is 0 Å². The molecule has 0 aromatic heterocycles. The number of rotatable bonds is 8. The van der Waals surface area contributed by atoms with Crippen molar-refractivity contribution in [1.82, 2.24) is 10.6 Å². The zero-order valence-electron chi connectivity index (χ0n) is 9.51. The van der Waals surface area contributed by atoms with E-state index in [4.69, 9.17) is 5.73 Å². The van der Waals surface area contributed by atoms with Crippen LogP contribution in [0.5, 0.6) is 0 Å². The largest absolute Gasteiger partial charge is 0.370 e. The summed E-state index contributed by atoms with van der Waals surface area (Å²) in [7, 11) is 0. The second-order valence-electron chi connectivity index (χ2n) is 3.47. The SMILES string of the molecule is CCCNC(=O)C(CC(N)=O)NCCC. The van der Waals surface area contributed by atoms with E-state index in [1.807, 2.05) is 13.8 Å². The highest BCUT2D eigenvalue weighted by Gasteiger charge is 2.18. The first-order valence-corrected chi connectivity index (χ1v) is 5.41. The number of nitrogens with one attached hydrogen (secondary N) is 2. The molecule has 0 aromatic rings. The summed E-state index contributed by atoms with van der Waals surface area (Å²) in [5, 5.41) is 5.73. The van der Waals surface area contributed by atoms with Crippen LogP contribution in [-0.4, -0.2) is 30.9 Å². The molecular formula is C10H21N3O2. The molecule has 4 N–H and O–H groups in total. The molecule has 0 radical (unpaired) electrons. The van der Waals surface area contributed by atoms with Gasteiger partial charge in [-0.1, -0.05) is 13.8 Å². The molecule has 0 aromatic carbocycles. The molecular weight excluding hydrogens is 194 g/mol. The Morgan fingerprint density at radius 2 is 1.80 bits per heavy atom. The highest BCUT2D eigenvalue weighted by Crippen LogP contribution is 1.92. The van der Waals surface area contributed by atoms with Crippen LogP contribution in [0.2, 0.25) is 0 Å². The number of hydrogen-bond donors (Lipinski definition) is 3. The molecule has 15 heavy (non-hydrogen) atoms. The first-order valence-electron chi connectivity index (χ1n) is 5.41. The molecule has 1 unspecified atom stereocenters. The van der Waals surface area contributed by atoms with E-state index in [-0.39, 0.29) is 12.3 Å². The lowest BCUT2D eigenvalue weighted by atomic mass is 10.1. The number of primary amides is 1. The Morgan fingerprint density at radius 3 is 2.27 bits per heavy atom. The standard InChI is InChI=1S/C10H21N3O2/c1-3-5-12-8(7-9(11)14)10(15)13-6-4-2/h8,12H,3-7H2,1-2H3,(H2,11,14)(H,13,15). The Kier molecular flexibility index (Phi) is 7.62. The summed E-state index contributed by atoms with van der Waals surface area (Å²) in [5.74, 6) is -0.612. The van der Waals surface area contributed by atoms with Gasteiger partial charge in [0.15, 0.2) is 0 Å². The minimum Gasteiger partial charge on any atom is -0.370 e. The Morgan fingerprint density at radius 1 is 1.20 bits per heavy atom. The zero-order valence-corrected chi connectivity index (χ0v) is 9.51. The Balaban J connectivity index is 4.07. The van der Waals surface area contributed by atoms with E-state index >= 15 is 0 Å². The quantitative estimate of drug-likeness (QED) is 0.522. The zero-order chi connectivity index (χ0) is 11.7. The summed E-state index contributed by atoms with van der Waals surface area (Å²) >= 11 is 0. The first-order chi connectivity index (χ1) is 7.11. The lowest BCUT2D eigenvalue weighted by molar-refractivity contribution is -0.127. The van der Waals surface area contributed by atoms with Crippen molar-refractivity contribution >= 4 is 11.8 Å². The monoisotopic (exact) mass is 215 g/mol. The normalized spacial score (nSPS) is 12.1. The third kappa shape index (κ3) is 6.90. The molecule has 5 nitrogen and oxygen atoms in total. The second-order valence-corrected chi connectivity index (χ2v) is 3.47. The fraction of sp³-hybridized carbons (Fsp3) is 0.800. The van der Waals surface area contributed by atoms with E-state index in [1.165, 1.54) is 0 Å². The highest BCUT2D eigenvalue weighted by molar-refractivity contribution is 5.87. The van der Waals surface area contributed by atoms with Gasteiger partial charge in [0.05, 0.1) is 12.5 Å². The number of carbonyl (C=O) groups excluding carboxylic acids is 2. The third-order valence-electron chi connectivity index (χ3n) is 1.91. The van der Waals surface area contributed by atoms with Crippen LogP contribution in [0.4, 0.5) is 0 Å². The molecule has 0 fully saturated rings. The molecule has 0 saturated heterocycles. The van der Waals surface area contributed by atoms with Crippen molar-refractivity contribution in [3.63, 3.8) is 0 Å². The first kappa shape index (κ1) is 13.9. The summed E-state index contributed by atoms with van der Waals surface area (Å²) in [6.45, 7) is 5.31. The molecule has 0 aliphatic rings. The van der Waals surface area contributed by atoms with Gasteiger partial charge >= 0.3 is 0 Å². The van der Waals surface area contributed by atoms with E-state index in [0.29, 0.717) is 13.1 Å². The average Bonchev–Trinajstić information content (AvgIpc) is 2.20. The minimum absolute atomic E-state index is 0.0511. The minimum atomic E-state index is -0.492. The van der Waals surface area contributed by atoms with Crippen molar-refractivity contribution in [2.75, 3.05) is 13.1 Å². The number of hydrogen-bond acceptors (Lipinski definition) is 3. The molecule has 2 amide bonds. The van der Waals surface area contributed by atoms with Crippen LogP contribution in [0, 0.1) is 0 Å². The van der Waals surface area contributed by atoms with Crippen LogP contribution in [0.3, 0.4) is 0 Å². The van der Waals surface area contributed by atoms with Gasteiger partial charge in [-0.15, -0.1) is 0 Å². The maximum Gasteiger partial charge on any atom is 0.237 e. The number of carbonyl (C=O) groups is 2. The van der Waals surface area contributed by atoms with Gasteiger partial charge in [-0.2, -0.15) is 0 Å². The molecule has 0 aliphatic heterocycles. The van der Waals surface area contributed by atoms with E-state index in [0.717, 1.165) is 12.8 Å². The number of amides is 2. The lowest BCUT2D eigenvalue weighted by Crippen LogP contribution is -2.46. The van der Waals surface area contributed by atoms with Gasteiger partial charge in [0, 0.05) is 6.54 Å². The lowest BCUT2D eigenvalue weighted by Gasteiger charge is -2.16. The smallest absolute Gasteiger partial charge is 0.237 e. The van der Waals surface area contributed by atoms with E-state index in [1.54, 1.807) is 0 Å². The van der Waals surface area contributed by atoms with Gasteiger partial charge in [-0.25, -0.2) is 0 Å². The van der Waals surface area contributed by atoms with Crippen LogP contribution < -0.4 is 16.4 Å². The maximum absolute atomic E-state index is 11.6. The number of nitrogens with two attached hydrogens (primary N) is 1. The average molecular weight is 215 g/mol. The molecule has 0 bridgehead atoms. The fourth-order valence-corrected chi connectivity index (χ4v) is 1.15. The maximum atomic E-state index is 11.6. The summed E-state index contributed by atoms with van der Waals surface area (Å²) in [5.41, 5.74) is 5.07. The predicted octanol–water partition coefficient (Wildman–Crippen LogP) is -0.244. The molecule has 5 heteroatoms. The van der Waals surface area contributed by atoms with E-state index in [9.17, 15) is 9.59 Å². The van der Waals surface area contributed by atoms with Gasteiger partial charge in [-0.3, -0.25) is 9.59 Å².